The summed E-state index contributed by atoms with van der Waals surface area (Å²) in [6, 6.07) is 20.8. The van der Waals surface area contributed by atoms with Crippen molar-refractivity contribution in [3.8, 4) is 0 Å². The first-order valence-corrected chi connectivity index (χ1v) is 10.2. The number of hydrogen-bond donors (Lipinski definition) is 0. The minimum atomic E-state index is 0.844. The number of rotatable bonds is 6. The van der Waals surface area contributed by atoms with E-state index in [1.165, 1.54) is 11.1 Å². The van der Waals surface area contributed by atoms with Gasteiger partial charge < -0.3 is 0 Å². The van der Waals surface area contributed by atoms with Crippen LogP contribution in [0.1, 0.15) is 11.1 Å². The molecular weight excluding hydrogens is 356 g/mol. The molecule has 0 bridgehead atoms. The Labute approximate surface area is 152 Å². The predicted molar refractivity (Wildman–Crippen MR) is 101 cm³/mol. The minimum absolute atomic E-state index is 0.844. The van der Waals surface area contributed by atoms with E-state index in [4.69, 9.17) is 0 Å². The Hall–Kier alpha value is -1.83. The summed E-state index contributed by atoms with van der Waals surface area (Å²) in [6.07, 6.45) is 0. The van der Waals surface area contributed by atoms with Crippen molar-refractivity contribution in [1.82, 2.24) is 19.8 Å². The number of thioether (sulfide) groups is 2. The van der Waals surface area contributed by atoms with Crippen LogP contribution >= 0.6 is 34.9 Å². The molecule has 0 amide bonds. The molecule has 0 atom stereocenters. The second-order valence-corrected chi connectivity index (χ2v) is 8.21. The second-order valence-electron chi connectivity index (χ2n) is 5.09. The molecule has 0 saturated heterocycles. The van der Waals surface area contributed by atoms with Gasteiger partial charge in [0.05, 0.1) is 0 Å². The Morgan fingerprint density at radius 2 is 1.42 bits per heavy atom. The summed E-state index contributed by atoms with van der Waals surface area (Å²) < 4.78 is 2.87. The van der Waals surface area contributed by atoms with Crippen LogP contribution in [-0.4, -0.2) is 19.8 Å². The van der Waals surface area contributed by atoms with E-state index in [1.54, 1.807) is 34.9 Å². The quantitative estimate of drug-likeness (QED) is 0.457. The van der Waals surface area contributed by atoms with Crippen LogP contribution in [0.3, 0.4) is 0 Å². The van der Waals surface area contributed by atoms with E-state index in [0.717, 1.165) is 26.0 Å². The van der Waals surface area contributed by atoms with Gasteiger partial charge in [-0.3, -0.25) is 0 Å². The molecular formula is C17H14N4S3. The standard InChI is InChI=1S/C17H14N4S3/c1-3-7-13(8-4-1)11-22-15-18-19-16-21(15)20-17(24-16)23-12-14-9-5-2-6-10-14/h1-10H,11-12H2. The van der Waals surface area contributed by atoms with Crippen LogP contribution in [0.4, 0.5) is 0 Å². The molecule has 24 heavy (non-hydrogen) atoms. The van der Waals surface area contributed by atoms with Gasteiger partial charge in [-0.15, -0.1) is 15.3 Å². The van der Waals surface area contributed by atoms with E-state index < -0.39 is 0 Å². The van der Waals surface area contributed by atoms with E-state index in [0.29, 0.717) is 0 Å². The van der Waals surface area contributed by atoms with Gasteiger partial charge in [0.2, 0.25) is 10.1 Å². The van der Waals surface area contributed by atoms with E-state index >= 15 is 0 Å². The SMILES string of the molecule is c1ccc(CSc2nn3c(SCc4ccccc4)nnc3s2)cc1. The lowest BCUT2D eigenvalue weighted by atomic mass is 10.2. The molecule has 0 N–H and O–H groups in total. The van der Waals surface area contributed by atoms with Crippen LogP contribution in [0.5, 0.6) is 0 Å². The molecule has 0 saturated carbocycles. The monoisotopic (exact) mass is 370 g/mol. The molecule has 0 radical (unpaired) electrons. The first-order chi connectivity index (χ1) is 11.9. The van der Waals surface area contributed by atoms with Gasteiger partial charge in [0.1, 0.15) is 0 Å². The van der Waals surface area contributed by atoms with Crippen LogP contribution in [0.25, 0.3) is 4.96 Å². The van der Waals surface area contributed by atoms with E-state index in [9.17, 15) is 0 Å². The molecule has 120 valence electrons. The van der Waals surface area contributed by atoms with Crippen LogP contribution in [-0.2, 0) is 11.5 Å². The van der Waals surface area contributed by atoms with Gasteiger partial charge in [-0.1, -0.05) is 95.5 Å². The Morgan fingerprint density at radius 1 is 0.792 bits per heavy atom. The van der Waals surface area contributed by atoms with E-state index in [1.807, 2.05) is 16.6 Å². The molecule has 0 unspecified atom stereocenters. The van der Waals surface area contributed by atoms with Crippen molar-refractivity contribution >= 4 is 39.8 Å². The van der Waals surface area contributed by atoms with Gasteiger partial charge in [0, 0.05) is 11.5 Å². The zero-order valence-electron chi connectivity index (χ0n) is 12.7. The summed E-state index contributed by atoms with van der Waals surface area (Å²) in [7, 11) is 0. The maximum absolute atomic E-state index is 4.65. The van der Waals surface area contributed by atoms with Gasteiger partial charge in [0.25, 0.3) is 0 Å². The number of hydrogen-bond acceptors (Lipinski definition) is 6. The minimum Gasteiger partial charge on any atom is -0.176 e. The maximum Gasteiger partial charge on any atom is 0.236 e. The van der Waals surface area contributed by atoms with Gasteiger partial charge in [-0.25, -0.2) is 0 Å². The molecule has 0 aliphatic rings. The highest BCUT2D eigenvalue weighted by Gasteiger charge is 2.12. The Kier molecular flexibility index (Phi) is 4.82. The summed E-state index contributed by atoms with van der Waals surface area (Å²) in [4.78, 5) is 0.848. The molecule has 4 nitrogen and oxygen atoms in total. The fourth-order valence-corrected chi connectivity index (χ4v) is 4.90. The van der Waals surface area contributed by atoms with Gasteiger partial charge >= 0.3 is 0 Å². The van der Waals surface area contributed by atoms with Crippen LogP contribution < -0.4 is 0 Å². The zero-order chi connectivity index (χ0) is 16.2. The summed E-state index contributed by atoms with van der Waals surface area (Å²) in [6.45, 7) is 0. The van der Waals surface area contributed by atoms with Crippen molar-refractivity contribution in [3.05, 3.63) is 71.8 Å². The third kappa shape index (κ3) is 3.63. The largest absolute Gasteiger partial charge is 0.236 e. The summed E-state index contributed by atoms with van der Waals surface area (Å²) >= 11 is 4.99. The van der Waals surface area contributed by atoms with E-state index in [2.05, 4.69) is 63.8 Å². The molecule has 7 heteroatoms. The normalized spacial score (nSPS) is 11.2. The van der Waals surface area contributed by atoms with E-state index in [-0.39, 0.29) is 0 Å². The number of fused-ring (bicyclic) bond motifs is 1. The fraction of sp³-hybridized carbons (Fsp3) is 0.118. The molecule has 4 rings (SSSR count). The second kappa shape index (κ2) is 7.38. The Bertz CT molecular complexity index is 919. The third-order valence-corrected chi connectivity index (χ3v) is 6.45. The molecule has 2 heterocycles. The smallest absolute Gasteiger partial charge is 0.176 e. The van der Waals surface area contributed by atoms with Crippen LogP contribution in [0.15, 0.2) is 70.2 Å². The lowest BCUT2D eigenvalue weighted by Gasteiger charge is -1.99. The first-order valence-electron chi connectivity index (χ1n) is 7.44. The lowest BCUT2D eigenvalue weighted by molar-refractivity contribution is 0.793. The van der Waals surface area contributed by atoms with Gasteiger partial charge in [0.15, 0.2) is 4.34 Å². The van der Waals surface area contributed by atoms with Crippen LogP contribution in [0, 0.1) is 0 Å². The average Bonchev–Trinajstić information content (AvgIpc) is 3.20. The van der Waals surface area contributed by atoms with Gasteiger partial charge in [-0.2, -0.15) is 4.52 Å². The van der Waals surface area contributed by atoms with Crippen LogP contribution in [0.2, 0.25) is 0 Å². The first kappa shape index (κ1) is 15.7. The predicted octanol–water partition coefficient (Wildman–Crippen LogP) is 4.77. The van der Waals surface area contributed by atoms with Crippen molar-refractivity contribution in [2.75, 3.05) is 0 Å². The zero-order valence-corrected chi connectivity index (χ0v) is 15.2. The summed E-state index contributed by atoms with van der Waals surface area (Å²) in [5, 5.41) is 14.0. The summed E-state index contributed by atoms with van der Waals surface area (Å²) in [5.41, 5.74) is 2.57. The number of aromatic nitrogens is 4. The lowest BCUT2D eigenvalue weighted by Crippen LogP contribution is -1.89. The molecule has 0 spiro atoms. The Morgan fingerprint density at radius 3 is 2.08 bits per heavy atom. The van der Waals surface area contributed by atoms with Crippen molar-refractivity contribution in [1.29, 1.82) is 0 Å². The highest BCUT2D eigenvalue weighted by atomic mass is 32.2. The van der Waals surface area contributed by atoms with Crippen molar-refractivity contribution in [3.63, 3.8) is 0 Å². The molecule has 2 aromatic carbocycles. The van der Waals surface area contributed by atoms with Crippen molar-refractivity contribution in [2.24, 2.45) is 0 Å². The highest BCUT2D eigenvalue weighted by Crippen LogP contribution is 2.30. The van der Waals surface area contributed by atoms with Crippen molar-refractivity contribution in [2.45, 2.75) is 21.0 Å². The molecule has 2 aromatic heterocycles. The van der Waals surface area contributed by atoms with Gasteiger partial charge in [-0.05, 0) is 11.1 Å². The topological polar surface area (TPSA) is 43.1 Å². The number of benzene rings is 2. The maximum atomic E-state index is 4.65. The van der Waals surface area contributed by atoms with Crippen molar-refractivity contribution < 1.29 is 0 Å². The molecule has 0 aliphatic carbocycles. The molecule has 0 aliphatic heterocycles. The fourth-order valence-electron chi connectivity index (χ4n) is 2.17. The number of nitrogens with zero attached hydrogens (tertiary/aromatic N) is 4. The average molecular weight is 371 g/mol. The molecule has 4 aromatic rings. The highest BCUT2D eigenvalue weighted by molar-refractivity contribution is 8.00. The molecule has 0 fully saturated rings. The Balaban J connectivity index is 1.45. The third-order valence-electron chi connectivity index (χ3n) is 3.36. The summed E-state index contributed by atoms with van der Waals surface area (Å²) in [5.74, 6) is 1.78.